The van der Waals surface area contributed by atoms with E-state index in [4.69, 9.17) is 5.73 Å². The fraction of sp³-hybridized carbons (Fsp3) is 0.684. The first-order chi connectivity index (χ1) is 12.1. The van der Waals surface area contributed by atoms with Gasteiger partial charge in [-0.3, -0.25) is 9.59 Å². The molecular weight excluding hydrogens is 370 g/mol. The molecule has 1 saturated heterocycles. The second kappa shape index (κ2) is 8.28. The van der Waals surface area contributed by atoms with Crippen molar-refractivity contribution < 1.29 is 9.59 Å². The van der Waals surface area contributed by atoms with Gasteiger partial charge in [0.05, 0.1) is 4.88 Å². The van der Waals surface area contributed by atoms with Crippen LogP contribution in [-0.4, -0.2) is 41.4 Å². The van der Waals surface area contributed by atoms with E-state index in [0.717, 1.165) is 43.4 Å². The van der Waals surface area contributed by atoms with Crippen LogP contribution in [0.2, 0.25) is 0 Å². The van der Waals surface area contributed by atoms with Gasteiger partial charge >= 0.3 is 0 Å². The second-order valence-electron chi connectivity index (χ2n) is 7.85. The van der Waals surface area contributed by atoms with Gasteiger partial charge in [-0.25, -0.2) is 0 Å². The third-order valence-electron chi connectivity index (χ3n) is 6.23. The van der Waals surface area contributed by atoms with Crippen LogP contribution >= 0.6 is 23.7 Å². The SMILES string of the molecule is Cl.NC1CC2CCCC(C1)C2NC(=O)C1CCCN1C(=O)c1cccs1. The number of hydrogen-bond acceptors (Lipinski definition) is 4. The molecule has 3 aliphatic rings. The lowest BCUT2D eigenvalue weighted by molar-refractivity contribution is -0.127. The topological polar surface area (TPSA) is 75.4 Å². The molecule has 26 heavy (non-hydrogen) atoms. The largest absolute Gasteiger partial charge is 0.351 e. The Hall–Kier alpha value is -1.11. The zero-order valence-corrected chi connectivity index (χ0v) is 16.6. The third-order valence-corrected chi connectivity index (χ3v) is 7.09. The van der Waals surface area contributed by atoms with Crippen molar-refractivity contribution in [3.8, 4) is 0 Å². The average Bonchev–Trinajstić information content (AvgIpc) is 3.26. The number of amides is 2. The molecule has 2 saturated carbocycles. The maximum absolute atomic E-state index is 13.0. The molecule has 0 spiro atoms. The highest BCUT2D eigenvalue weighted by molar-refractivity contribution is 7.12. The van der Waals surface area contributed by atoms with Crippen molar-refractivity contribution in [2.75, 3.05) is 6.54 Å². The number of thiophene rings is 1. The quantitative estimate of drug-likeness (QED) is 0.823. The molecule has 3 fully saturated rings. The van der Waals surface area contributed by atoms with Gasteiger partial charge in [-0.1, -0.05) is 12.5 Å². The Bertz CT molecular complexity index is 625. The van der Waals surface area contributed by atoms with Crippen molar-refractivity contribution in [3.05, 3.63) is 22.4 Å². The lowest BCUT2D eigenvalue weighted by Crippen LogP contribution is -2.57. The summed E-state index contributed by atoms with van der Waals surface area (Å²) in [5, 5.41) is 5.24. The molecule has 2 aliphatic carbocycles. The molecule has 4 rings (SSSR count). The van der Waals surface area contributed by atoms with Gasteiger partial charge in [-0.05, 0) is 61.8 Å². The summed E-state index contributed by atoms with van der Waals surface area (Å²) in [4.78, 5) is 28.2. The average molecular weight is 398 g/mol. The number of nitrogens with zero attached hydrogens (tertiary/aromatic N) is 1. The molecule has 7 heteroatoms. The van der Waals surface area contributed by atoms with Crippen LogP contribution in [0.25, 0.3) is 0 Å². The summed E-state index contributed by atoms with van der Waals surface area (Å²) in [6.07, 6.45) is 7.28. The number of nitrogens with two attached hydrogens (primary N) is 1. The molecule has 1 aliphatic heterocycles. The summed E-state index contributed by atoms with van der Waals surface area (Å²) in [6.45, 7) is 0.678. The van der Waals surface area contributed by atoms with E-state index in [1.54, 1.807) is 4.90 Å². The van der Waals surface area contributed by atoms with Gasteiger partial charge in [0.15, 0.2) is 0 Å². The van der Waals surface area contributed by atoms with Crippen molar-refractivity contribution in [1.82, 2.24) is 10.2 Å². The van der Waals surface area contributed by atoms with Gasteiger partial charge in [0, 0.05) is 18.6 Å². The minimum atomic E-state index is -0.314. The van der Waals surface area contributed by atoms with Gasteiger partial charge in [-0.2, -0.15) is 0 Å². The van der Waals surface area contributed by atoms with E-state index in [9.17, 15) is 9.59 Å². The summed E-state index contributed by atoms with van der Waals surface area (Å²) < 4.78 is 0. The van der Waals surface area contributed by atoms with E-state index in [2.05, 4.69) is 5.32 Å². The number of carbonyl (C=O) groups is 2. The van der Waals surface area contributed by atoms with E-state index in [-0.39, 0.29) is 42.3 Å². The maximum atomic E-state index is 13.0. The first kappa shape index (κ1) is 19.6. The Labute approximate surface area is 165 Å². The van der Waals surface area contributed by atoms with Crippen LogP contribution in [0, 0.1) is 11.8 Å². The number of rotatable bonds is 3. The van der Waals surface area contributed by atoms with Crippen molar-refractivity contribution in [3.63, 3.8) is 0 Å². The summed E-state index contributed by atoms with van der Waals surface area (Å²) >= 11 is 1.44. The first-order valence-corrected chi connectivity index (χ1v) is 10.4. The van der Waals surface area contributed by atoms with Crippen LogP contribution in [0.15, 0.2) is 17.5 Å². The lowest BCUT2D eigenvalue weighted by Gasteiger charge is -2.45. The molecule has 3 atom stereocenters. The minimum absolute atomic E-state index is 0. The summed E-state index contributed by atoms with van der Waals surface area (Å²) in [5.74, 6) is 1.06. The Morgan fingerprint density at radius 1 is 1.15 bits per heavy atom. The smallest absolute Gasteiger partial charge is 0.264 e. The maximum Gasteiger partial charge on any atom is 0.264 e. The highest BCUT2D eigenvalue weighted by atomic mass is 35.5. The molecule has 3 unspecified atom stereocenters. The lowest BCUT2D eigenvalue weighted by atomic mass is 9.67. The molecule has 2 heterocycles. The Morgan fingerprint density at radius 3 is 2.54 bits per heavy atom. The van der Waals surface area contributed by atoms with Crippen LogP contribution in [0.3, 0.4) is 0 Å². The predicted octanol–water partition coefficient (Wildman–Crippen LogP) is 2.80. The van der Waals surface area contributed by atoms with Crippen LogP contribution < -0.4 is 11.1 Å². The Balaban J connectivity index is 0.00000196. The van der Waals surface area contributed by atoms with E-state index in [0.29, 0.717) is 18.4 Å². The Kier molecular flexibility index (Phi) is 6.25. The van der Waals surface area contributed by atoms with E-state index >= 15 is 0 Å². The van der Waals surface area contributed by atoms with Gasteiger partial charge < -0.3 is 16.0 Å². The van der Waals surface area contributed by atoms with Gasteiger partial charge in [0.1, 0.15) is 6.04 Å². The van der Waals surface area contributed by atoms with Gasteiger partial charge in [0.25, 0.3) is 5.91 Å². The van der Waals surface area contributed by atoms with Crippen molar-refractivity contribution in [1.29, 1.82) is 0 Å². The molecule has 0 radical (unpaired) electrons. The van der Waals surface area contributed by atoms with Gasteiger partial charge in [-0.15, -0.1) is 23.7 Å². The summed E-state index contributed by atoms with van der Waals surface area (Å²) in [6, 6.07) is 3.95. The number of fused-ring (bicyclic) bond motifs is 2. The van der Waals surface area contributed by atoms with Gasteiger partial charge in [0.2, 0.25) is 5.91 Å². The van der Waals surface area contributed by atoms with E-state index in [1.807, 2.05) is 17.5 Å². The summed E-state index contributed by atoms with van der Waals surface area (Å²) in [7, 11) is 0. The normalized spacial score (nSPS) is 33.4. The Morgan fingerprint density at radius 2 is 1.88 bits per heavy atom. The zero-order chi connectivity index (χ0) is 17.4. The number of hydrogen-bond donors (Lipinski definition) is 2. The van der Waals surface area contributed by atoms with Crippen LogP contribution in [0.4, 0.5) is 0 Å². The molecule has 2 bridgehead atoms. The van der Waals surface area contributed by atoms with Crippen molar-refractivity contribution >= 4 is 35.6 Å². The van der Waals surface area contributed by atoms with E-state index in [1.165, 1.54) is 17.8 Å². The van der Waals surface area contributed by atoms with Crippen LogP contribution in [0.5, 0.6) is 0 Å². The molecule has 144 valence electrons. The fourth-order valence-corrected chi connectivity index (χ4v) is 5.79. The minimum Gasteiger partial charge on any atom is -0.351 e. The second-order valence-corrected chi connectivity index (χ2v) is 8.80. The van der Waals surface area contributed by atoms with Crippen LogP contribution in [-0.2, 0) is 4.79 Å². The number of likely N-dealkylation sites (tertiary alicyclic amines) is 1. The van der Waals surface area contributed by atoms with Crippen molar-refractivity contribution in [2.45, 2.75) is 63.1 Å². The first-order valence-electron chi connectivity index (χ1n) is 9.54. The fourth-order valence-electron chi connectivity index (χ4n) is 5.11. The number of nitrogens with one attached hydrogen (secondary N) is 1. The molecule has 2 amide bonds. The predicted molar refractivity (Wildman–Crippen MR) is 106 cm³/mol. The summed E-state index contributed by atoms with van der Waals surface area (Å²) in [5.41, 5.74) is 6.19. The molecule has 3 N–H and O–H groups in total. The third kappa shape index (κ3) is 3.78. The molecule has 1 aromatic rings. The highest BCUT2D eigenvalue weighted by Crippen LogP contribution is 2.40. The van der Waals surface area contributed by atoms with Crippen LogP contribution in [0.1, 0.15) is 54.6 Å². The van der Waals surface area contributed by atoms with E-state index < -0.39 is 0 Å². The molecule has 1 aromatic heterocycles. The molecular formula is C19H28ClN3O2S. The standard InChI is InChI=1S/C19H27N3O2S.ClH/c20-14-10-12-4-1-5-13(11-14)17(12)21-18(23)15-6-2-8-22(15)19(24)16-7-3-9-25-16;/h3,7,9,12-15,17H,1-2,4-6,8,10-11,20H2,(H,21,23);1H. The molecule has 0 aromatic carbocycles. The molecule has 5 nitrogen and oxygen atoms in total. The monoisotopic (exact) mass is 397 g/mol. The number of carbonyl (C=O) groups excluding carboxylic acids is 2. The highest BCUT2D eigenvalue weighted by Gasteiger charge is 2.42. The zero-order valence-electron chi connectivity index (χ0n) is 14.9. The number of halogens is 1. The van der Waals surface area contributed by atoms with Crippen molar-refractivity contribution in [2.24, 2.45) is 17.6 Å².